The molecule has 0 radical (unpaired) electrons. The lowest BCUT2D eigenvalue weighted by atomic mass is 10.1. The number of primary amides is 1. The van der Waals surface area contributed by atoms with Gasteiger partial charge in [0.2, 0.25) is 5.91 Å². The quantitative estimate of drug-likeness (QED) is 0.567. The molecular weight excluding hydrogens is 288 g/mol. The second-order valence-corrected chi connectivity index (χ2v) is 5.65. The molecule has 0 saturated carbocycles. The lowest BCUT2D eigenvalue weighted by Gasteiger charge is -2.28. The van der Waals surface area contributed by atoms with E-state index in [0.717, 1.165) is 6.61 Å². The molecule has 0 aliphatic heterocycles. The highest BCUT2D eigenvalue weighted by atomic mass is 16.6. The second kappa shape index (κ2) is 12.0. The summed E-state index contributed by atoms with van der Waals surface area (Å²) < 4.78 is 9.74. The van der Waals surface area contributed by atoms with Crippen LogP contribution in [-0.4, -0.2) is 55.6 Å². The van der Waals surface area contributed by atoms with Crippen LogP contribution in [0, 0.1) is 5.92 Å². The van der Waals surface area contributed by atoms with Gasteiger partial charge in [0, 0.05) is 26.8 Å². The third-order valence-electron chi connectivity index (χ3n) is 2.38. The summed E-state index contributed by atoms with van der Waals surface area (Å²) in [6.45, 7) is 10.3. The fraction of sp³-hybridized carbons (Fsp3) is 0.800. The number of aldehydes is 1. The highest BCUT2D eigenvalue weighted by Gasteiger charge is 2.26. The van der Waals surface area contributed by atoms with Gasteiger partial charge in [-0.05, 0) is 34.1 Å². The lowest BCUT2D eigenvalue weighted by Crippen LogP contribution is -2.43. The number of nitrogens with two attached hydrogens (primary N) is 1. The lowest BCUT2D eigenvalue weighted by molar-refractivity contribution is -0.127. The Labute approximate surface area is 133 Å². The fourth-order valence-electron chi connectivity index (χ4n) is 1.29. The zero-order valence-corrected chi connectivity index (χ0v) is 14.5. The first kappa shape index (κ1) is 22.6. The summed E-state index contributed by atoms with van der Waals surface area (Å²) in [5.41, 5.74) is 4.45. The third-order valence-corrected chi connectivity index (χ3v) is 2.38. The van der Waals surface area contributed by atoms with E-state index in [1.54, 1.807) is 27.9 Å². The maximum absolute atomic E-state index is 11.9. The fourth-order valence-corrected chi connectivity index (χ4v) is 1.29. The molecule has 2 amide bonds. The molecule has 1 unspecified atom stereocenters. The molecule has 7 heteroatoms. The molecule has 0 rings (SSSR count). The number of amides is 2. The SMILES string of the molecule is CCCN(CC(C=O)C(N)=O)C(=O)OC(C)(C)C.CCOC. The predicted octanol–water partition coefficient (Wildman–Crippen LogP) is 1.59. The minimum absolute atomic E-state index is 0.0401. The van der Waals surface area contributed by atoms with Crippen molar-refractivity contribution in [3.8, 4) is 0 Å². The highest BCUT2D eigenvalue weighted by Crippen LogP contribution is 2.11. The van der Waals surface area contributed by atoms with Crippen LogP contribution in [0.1, 0.15) is 41.0 Å². The Morgan fingerprint density at radius 1 is 1.27 bits per heavy atom. The van der Waals surface area contributed by atoms with Crippen LogP contribution in [0.15, 0.2) is 0 Å². The number of hydrogen-bond donors (Lipinski definition) is 1. The van der Waals surface area contributed by atoms with Crippen LogP contribution in [-0.2, 0) is 19.1 Å². The first-order valence-corrected chi connectivity index (χ1v) is 7.34. The van der Waals surface area contributed by atoms with Gasteiger partial charge < -0.3 is 24.9 Å². The minimum Gasteiger partial charge on any atom is -0.444 e. The van der Waals surface area contributed by atoms with Gasteiger partial charge in [-0.2, -0.15) is 0 Å². The molecule has 0 aromatic heterocycles. The van der Waals surface area contributed by atoms with E-state index in [0.29, 0.717) is 19.3 Å². The second-order valence-electron chi connectivity index (χ2n) is 5.65. The molecular formula is C15H30N2O5. The predicted molar refractivity (Wildman–Crippen MR) is 84.4 cm³/mol. The van der Waals surface area contributed by atoms with Crippen molar-refractivity contribution in [3.05, 3.63) is 0 Å². The number of nitrogens with zero attached hydrogens (tertiary/aromatic N) is 1. The van der Waals surface area contributed by atoms with Gasteiger partial charge in [-0.15, -0.1) is 0 Å². The molecule has 1 atom stereocenters. The number of ether oxygens (including phenoxy) is 2. The first-order valence-electron chi connectivity index (χ1n) is 7.34. The summed E-state index contributed by atoms with van der Waals surface area (Å²) >= 11 is 0. The van der Waals surface area contributed by atoms with Crippen LogP contribution in [0.25, 0.3) is 0 Å². The van der Waals surface area contributed by atoms with Crippen molar-refractivity contribution in [3.63, 3.8) is 0 Å². The molecule has 0 aliphatic carbocycles. The molecule has 0 spiro atoms. The summed E-state index contributed by atoms with van der Waals surface area (Å²) in [4.78, 5) is 34.9. The van der Waals surface area contributed by atoms with Gasteiger partial charge in [0.25, 0.3) is 0 Å². The number of rotatable bonds is 7. The molecule has 0 bridgehead atoms. The molecule has 0 fully saturated rings. The number of hydrogen-bond acceptors (Lipinski definition) is 5. The van der Waals surface area contributed by atoms with Crippen molar-refractivity contribution in [2.75, 3.05) is 26.8 Å². The van der Waals surface area contributed by atoms with Crippen LogP contribution < -0.4 is 5.73 Å². The third kappa shape index (κ3) is 12.1. The number of carbonyl (C=O) groups excluding carboxylic acids is 3. The van der Waals surface area contributed by atoms with Gasteiger partial charge >= 0.3 is 6.09 Å². The minimum atomic E-state index is -0.996. The maximum Gasteiger partial charge on any atom is 0.410 e. The molecule has 0 aliphatic rings. The highest BCUT2D eigenvalue weighted by molar-refractivity contribution is 5.91. The normalized spacial score (nSPS) is 11.7. The topological polar surface area (TPSA) is 98.9 Å². The van der Waals surface area contributed by atoms with Crippen LogP contribution in [0.3, 0.4) is 0 Å². The van der Waals surface area contributed by atoms with Gasteiger partial charge in [0.1, 0.15) is 17.8 Å². The molecule has 0 heterocycles. The standard InChI is InChI=1S/C12H22N2O4.C3H8O/c1-5-6-14(7-9(8-15)10(13)16)11(17)18-12(2,3)4;1-3-4-2/h8-9H,5-7H2,1-4H3,(H2,13,16);3H2,1-2H3. The van der Waals surface area contributed by atoms with Gasteiger partial charge in [-0.1, -0.05) is 6.92 Å². The van der Waals surface area contributed by atoms with E-state index in [1.807, 2.05) is 13.8 Å². The monoisotopic (exact) mass is 318 g/mol. The van der Waals surface area contributed by atoms with Crippen LogP contribution >= 0.6 is 0 Å². The van der Waals surface area contributed by atoms with Crippen molar-refractivity contribution >= 4 is 18.3 Å². The van der Waals surface area contributed by atoms with E-state index in [9.17, 15) is 14.4 Å². The Balaban J connectivity index is 0. The van der Waals surface area contributed by atoms with E-state index in [4.69, 9.17) is 10.5 Å². The number of carbonyl (C=O) groups is 3. The number of methoxy groups -OCH3 is 1. The summed E-state index contributed by atoms with van der Waals surface area (Å²) in [5, 5.41) is 0. The van der Waals surface area contributed by atoms with E-state index in [2.05, 4.69) is 4.74 Å². The zero-order chi connectivity index (χ0) is 17.8. The van der Waals surface area contributed by atoms with Crippen molar-refractivity contribution in [2.24, 2.45) is 11.7 Å². The summed E-state index contributed by atoms with van der Waals surface area (Å²) in [5.74, 6) is -1.74. The summed E-state index contributed by atoms with van der Waals surface area (Å²) in [6, 6.07) is 0. The molecule has 0 aromatic carbocycles. The average molecular weight is 318 g/mol. The Bertz CT molecular complexity index is 337. The molecule has 0 aromatic rings. The largest absolute Gasteiger partial charge is 0.444 e. The molecule has 7 nitrogen and oxygen atoms in total. The molecule has 22 heavy (non-hydrogen) atoms. The van der Waals surface area contributed by atoms with Gasteiger partial charge in [0.05, 0.1) is 0 Å². The van der Waals surface area contributed by atoms with Gasteiger partial charge in [-0.25, -0.2) is 4.79 Å². The molecule has 2 N–H and O–H groups in total. The van der Waals surface area contributed by atoms with Gasteiger partial charge in [0.15, 0.2) is 0 Å². The van der Waals surface area contributed by atoms with Crippen molar-refractivity contribution in [1.82, 2.24) is 4.90 Å². The first-order chi connectivity index (χ1) is 10.1. The van der Waals surface area contributed by atoms with Crippen LogP contribution in [0.4, 0.5) is 4.79 Å². The van der Waals surface area contributed by atoms with E-state index < -0.39 is 23.5 Å². The van der Waals surface area contributed by atoms with E-state index in [1.165, 1.54) is 4.90 Å². The Morgan fingerprint density at radius 3 is 2.05 bits per heavy atom. The maximum atomic E-state index is 11.9. The van der Waals surface area contributed by atoms with Gasteiger partial charge in [-0.3, -0.25) is 4.79 Å². The molecule has 0 saturated heterocycles. The Kier molecular flexibility index (Phi) is 12.3. The van der Waals surface area contributed by atoms with E-state index in [-0.39, 0.29) is 6.54 Å². The van der Waals surface area contributed by atoms with Crippen molar-refractivity contribution in [1.29, 1.82) is 0 Å². The van der Waals surface area contributed by atoms with Crippen molar-refractivity contribution < 1.29 is 23.9 Å². The zero-order valence-electron chi connectivity index (χ0n) is 14.5. The molecule has 130 valence electrons. The smallest absolute Gasteiger partial charge is 0.410 e. The Hall–Kier alpha value is -1.63. The van der Waals surface area contributed by atoms with E-state index >= 15 is 0 Å². The average Bonchev–Trinajstić information content (AvgIpc) is 2.41. The van der Waals surface area contributed by atoms with Crippen LogP contribution in [0.2, 0.25) is 0 Å². The van der Waals surface area contributed by atoms with Crippen molar-refractivity contribution in [2.45, 2.75) is 46.6 Å². The Morgan fingerprint density at radius 2 is 1.77 bits per heavy atom. The van der Waals surface area contributed by atoms with Crippen LogP contribution in [0.5, 0.6) is 0 Å². The summed E-state index contributed by atoms with van der Waals surface area (Å²) in [6.07, 6.45) is 0.608. The summed E-state index contributed by atoms with van der Waals surface area (Å²) in [7, 11) is 1.68.